The van der Waals surface area contributed by atoms with Gasteiger partial charge in [-0.25, -0.2) is 0 Å². The third-order valence-corrected chi connectivity index (χ3v) is 4.93. The van der Waals surface area contributed by atoms with Crippen LogP contribution in [0.4, 0.5) is 0 Å². The Morgan fingerprint density at radius 2 is 2.05 bits per heavy atom. The van der Waals surface area contributed by atoms with Crippen molar-refractivity contribution in [3.05, 3.63) is 33.8 Å². The maximum atomic E-state index is 10.3. The lowest BCUT2D eigenvalue weighted by Crippen LogP contribution is -2.45. The van der Waals surface area contributed by atoms with Crippen molar-refractivity contribution in [3.63, 3.8) is 0 Å². The molecular weight excluding hydrogens is 302 g/mol. The molecule has 1 aromatic rings. The smallest absolute Gasteiger partial charge is 0.0766 e. The van der Waals surface area contributed by atoms with Crippen molar-refractivity contribution in [3.8, 4) is 0 Å². The summed E-state index contributed by atoms with van der Waals surface area (Å²) in [5.74, 6) is 0. The van der Waals surface area contributed by atoms with Crippen molar-refractivity contribution in [1.29, 1.82) is 0 Å². The third-order valence-electron chi connectivity index (χ3n) is 4.43. The van der Waals surface area contributed by atoms with E-state index in [1.807, 2.05) is 0 Å². The summed E-state index contributed by atoms with van der Waals surface area (Å²) in [5.41, 5.74) is 2.37. The van der Waals surface area contributed by atoms with Gasteiger partial charge in [-0.1, -0.05) is 35.8 Å². The number of aliphatic hydroxyl groups is 1. The molecule has 19 heavy (non-hydrogen) atoms. The second-order valence-corrected chi connectivity index (χ2v) is 6.58. The first-order chi connectivity index (χ1) is 9.06. The van der Waals surface area contributed by atoms with Crippen LogP contribution in [0.2, 0.25) is 0 Å². The van der Waals surface area contributed by atoms with Gasteiger partial charge in [-0.15, -0.1) is 0 Å². The molecule has 2 rings (SSSR count). The molecule has 1 atom stereocenters. The van der Waals surface area contributed by atoms with E-state index in [4.69, 9.17) is 0 Å². The number of benzene rings is 1. The Balaban J connectivity index is 1.93. The summed E-state index contributed by atoms with van der Waals surface area (Å²) in [6.07, 6.45) is 4.99. The van der Waals surface area contributed by atoms with Gasteiger partial charge in [0.05, 0.1) is 5.60 Å². The molecule has 0 heterocycles. The topological polar surface area (TPSA) is 32.3 Å². The maximum absolute atomic E-state index is 10.3. The van der Waals surface area contributed by atoms with Gasteiger partial charge >= 0.3 is 0 Å². The van der Waals surface area contributed by atoms with Gasteiger partial charge in [0.15, 0.2) is 0 Å². The first-order valence-corrected chi connectivity index (χ1v) is 8.08. The number of fused-ring (bicyclic) bond motifs is 1. The lowest BCUT2D eigenvalue weighted by atomic mass is 9.87. The zero-order chi connectivity index (χ0) is 13.9. The van der Waals surface area contributed by atoms with Gasteiger partial charge in [-0.2, -0.15) is 0 Å². The normalized spacial score (nSPS) is 19.3. The van der Waals surface area contributed by atoms with E-state index >= 15 is 0 Å². The highest BCUT2D eigenvalue weighted by molar-refractivity contribution is 9.10. The van der Waals surface area contributed by atoms with Crippen LogP contribution >= 0.6 is 15.9 Å². The van der Waals surface area contributed by atoms with Crippen molar-refractivity contribution >= 4 is 15.9 Å². The molecule has 0 bridgehead atoms. The highest BCUT2D eigenvalue weighted by Gasteiger charge is 2.25. The summed E-state index contributed by atoms with van der Waals surface area (Å²) in [6.45, 7) is 4.81. The fourth-order valence-electron chi connectivity index (χ4n) is 2.73. The van der Waals surface area contributed by atoms with Crippen LogP contribution in [0.3, 0.4) is 0 Å². The number of aryl methyl sites for hydroxylation is 1. The van der Waals surface area contributed by atoms with Crippen molar-refractivity contribution < 1.29 is 5.11 Å². The largest absolute Gasteiger partial charge is 0.389 e. The maximum Gasteiger partial charge on any atom is 0.0766 e. The summed E-state index contributed by atoms with van der Waals surface area (Å²) in [5, 5.41) is 13.9. The molecule has 1 aromatic carbocycles. The number of halogens is 1. The zero-order valence-corrected chi connectivity index (χ0v) is 13.5. The van der Waals surface area contributed by atoms with Crippen LogP contribution in [0.5, 0.6) is 0 Å². The first kappa shape index (κ1) is 15.0. The number of hydrogen-bond acceptors (Lipinski definition) is 2. The molecule has 0 fully saturated rings. The van der Waals surface area contributed by atoms with E-state index in [0.29, 0.717) is 12.6 Å². The van der Waals surface area contributed by atoms with E-state index in [1.54, 1.807) is 0 Å². The molecule has 0 amide bonds. The molecule has 1 unspecified atom stereocenters. The molecule has 0 aromatic heterocycles. The number of hydrogen-bond donors (Lipinski definition) is 2. The van der Waals surface area contributed by atoms with Crippen molar-refractivity contribution in [2.75, 3.05) is 6.54 Å². The van der Waals surface area contributed by atoms with E-state index in [2.05, 4.69) is 53.3 Å². The van der Waals surface area contributed by atoms with Gasteiger partial charge in [0.1, 0.15) is 0 Å². The van der Waals surface area contributed by atoms with Gasteiger partial charge in [0.2, 0.25) is 0 Å². The van der Waals surface area contributed by atoms with Crippen LogP contribution in [0.1, 0.15) is 44.2 Å². The summed E-state index contributed by atoms with van der Waals surface area (Å²) >= 11 is 3.53. The predicted octanol–water partition coefficient (Wildman–Crippen LogP) is 3.45. The monoisotopic (exact) mass is 325 g/mol. The Morgan fingerprint density at radius 3 is 2.74 bits per heavy atom. The SMILES string of the molecule is CCC(O)(CC)CNC1CCc2cc(Br)ccc2C1. The van der Waals surface area contributed by atoms with Crippen LogP contribution in [0, 0.1) is 0 Å². The molecule has 0 radical (unpaired) electrons. The second kappa shape index (κ2) is 6.38. The van der Waals surface area contributed by atoms with E-state index in [9.17, 15) is 5.11 Å². The Kier molecular flexibility index (Phi) is 5.04. The molecule has 106 valence electrons. The molecule has 0 spiro atoms. The van der Waals surface area contributed by atoms with E-state index in [1.165, 1.54) is 15.6 Å². The Hall–Kier alpha value is -0.380. The summed E-state index contributed by atoms with van der Waals surface area (Å²) < 4.78 is 1.17. The lowest BCUT2D eigenvalue weighted by molar-refractivity contribution is 0.0294. The fourth-order valence-corrected chi connectivity index (χ4v) is 3.14. The van der Waals surface area contributed by atoms with E-state index in [0.717, 1.165) is 32.1 Å². The van der Waals surface area contributed by atoms with Gasteiger partial charge in [-0.05, 0) is 55.4 Å². The lowest BCUT2D eigenvalue weighted by Gasteiger charge is -2.31. The molecule has 0 saturated heterocycles. The van der Waals surface area contributed by atoms with Crippen LogP contribution in [-0.2, 0) is 12.8 Å². The summed E-state index contributed by atoms with van der Waals surface area (Å²) in [7, 11) is 0. The molecule has 2 nitrogen and oxygen atoms in total. The van der Waals surface area contributed by atoms with Crippen LogP contribution < -0.4 is 5.32 Å². The van der Waals surface area contributed by atoms with Crippen LogP contribution in [0.25, 0.3) is 0 Å². The Labute approximate surface area is 124 Å². The van der Waals surface area contributed by atoms with Gasteiger partial charge in [0, 0.05) is 17.1 Å². The summed E-state index contributed by atoms with van der Waals surface area (Å²) in [6, 6.07) is 7.08. The average Bonchev–Trinajstić information content (AvgIpc) is 2.44. The average molecular weight is 326 g/mol. The van der Waals surface area contributed by atoms with Crippen LogP contribution in [0.15, 0.2) is 22.7 Å². The van der Waals surface area contributed by atoms with Gasteiger partial charge in [-0.3, -0.25) is 0 Å². The second-order valence-electron chi connectivity index (χ2n) is 5.67. The molecule has 0 aliphatic heterocycles. The number of nitrogens with one attached hydrogen (secondary N) is 1. The van der Waals surface area contributed by atoms with Gasteiger partial charge in [0.25, 0.3) is 0 Å². The summed E-state index contributed by atoms with van der Waals surface area (Å²) in [4.78, 5) is 0. The molecule has 0 saturated carbocycles. The molecule has 3 heteroatoms. The minimum absolute atomic E-state index is 0.498. The zero-order valence-electron chi connectivity index (χ0n) is 11.9. The van der Waals surface area contributed by atoms with Crippen LogP contribution in [-0.4, -0.2) is 23.3 Å². The molecule has 2 N–H and O–H groups in total. The molecule has 1 aliphatic rings. The standard InChI is InChI=1S/C16H24BrNO/c1-3-16(19,4-2)11-18-15-8-6-12-9-14(17)7-5-13(12)10-15/h5,7,9,15,18-19H,3-4,6,8,10-11H2,1-2H3. The Morgan fingerprint density at radius 1 is 1.32 bits per heavy atom. The van der Waals surface area contributed by atoms with Gasteiger partial charge < -0.3 is 10.4 Å². The fraction of sp³-hybridized carbons (Fsp3) is 0.625. The molecular formula is C16H24BrNO. The van der Waals surface area contributed by atoms with Crippen molar-refractivity contribution in [2.24, 2.45) is 0 Å². The number of rotatable bonds is 5. The Bertz CT molecular complexity index is 429. The quantitative estimate of drug-likeness (QED) is 0.869. The third kappa shape index (κ3) is 3.80. The first-order valence-electron chi connectivity index (χ1n) is 7.29. The van der Waals surface area contributed by atoms with Crippen molar-refractivity contribution in [1.82, 2.24) is 5.32 Å². The predicted molar refractivity (Wildman–Crippen MR) is 83.5 cm³/mol. The van der Waals surface area contributed by atoms with E-state index in [-0.39, 0.29) is 0 Å². The van der Waals surface area contributed by atoms with E-state index < -0.39 is 5.60 Å². The highest BCUT2D eigenvalue weighted by atomic mass is 79.9. The highest BCUT2D eigenvalue weighted by Crippen LogP contribution is 2.25. The minimum Gasteiger partial charge on any atom is -0.389 e. The minimum atomic E-state index is -0.542. The molecule has 1 aliphatic carbocycles. The van der Waals surface area contributed by atoms with Crippen molar-refractivity contribution in [2.45, 2.75) is 57.6 Å².